The van der Waals surface area contributed by atoms with E-state index in [1.165, 1.54) is 6.26 Å². The van der Waals surface area contributed by atoms with E-state index in [4.69, 9.17) is 9.15 Å². The molecule has 0 radical (unpaired) electrons. The van der Waals surface area contributed by atoms with Gasteiger partial charge in [0.25, 0.3) is 11.8 Å². The van der Waals surface area contributed by atoms with Crippen LogP contribution < -0.4 is 4.74 Å². The van der Waals surface area contributed by atoms with Crippen molar-refractivity contribution in [1.82, 2.24) is 9.80 Å². The number of benzene rings is 1. The summed E-state index contributed by atoms with van der Waals surface area (Å²) in [5.74, 6) is 0.756. The molecule has 1 unspecified atom stereocenters. The van der Waals surface area contributed by atoms with Gasteiger partial charge in [-0.25, -0.2) is 0 Å². The molecule has 0 bridgehead atoms. The lowest BCUT2D eigenvalue weighted by molar-refractivity contribution is -0.139. The second-order valence-electron chi connectivity index (χ2n) is 5.81. The maximum Gasteiger partial charge on any atom is 0.289 e. The number of ether oxygens (including phenoxy) is 1. The highest BCUT2D eigenvalue weighted by atomic mass is 79.9. The van der Waals surface area contributed by atoms with Crippen LogP contribution >= 0.6 is 15.9 Å². The largest absolute Gasteiger partial charge is 0.481 e. The average molecular weight is 407 g/mol. The monoisotopic (exact) mass is 406 g/mol. The highest BCUT2D eigenvalue weighted by Crippen LogP contribution is 2.18. The molecule has 2 amide bonds. The molecule has 1 aromatic heterocycles. The van der Waals surface area contributed by atoms with Gasteiger partial charge in [-0.05, 0) is 43.3 Å². The number of hydrogen-bond acceptors (Lipinski definition) is 4. The van der Waals surface area contributed by atoms with Crippen molar-refractivity contribution in [3.8, 4) is 5.75 Å². The summed E-state index contributed by atoms with van der Waals surface area (Å²) in [6, 6.07) is 10.7. The molecule has 2 aromatic rings. The van der Waals surface area contributed by atoms with Gasteiger partial charge >= 0.3 is 0 Å². The molecular weight excluding hydrogens is 388 g/mol. The summed E-state index contributed by atoms with van der Waals surface area (Å²) in [6.07, 6.45) is 0.905. The van der Waals surface area contributed by atoms with Crippen molar-refractivity contribution in [3.63, 3.8) is 0 Å². The fraction of sp³-hybridized carbons (Fsp3) is 0.333. The molecule has 7 heteroatoms. The van der Waals surface area contributed by atoms with Crippen molar-refractivity contribution in [1.29, 1.82) is 0 Å². The standard InChI is InChI=1S/C18H19BrN2O4/c1-13(25-15-6-4-14(19)5-7-15)17(22)20-8-10-21(11-9-20)18(23)16-3-2-12-24-16/h2-7,12-13H,8-11H2,1H3. The topological polar surface area (TPSA) is 63.0 Å². The van der Waals surface area contributed by atoms with Gasteiger partial charge in [-0.3, -0.25) is 9.59 Å². The lowest BCUT2D eigenvalue weighted by Crippen LogP contribution is -2.53. The maximum absolute atomic E-state index is 12.5. The van der Waals surface area contributed by atoms with Gasteiger partial charge < -0.3 is 19.0 Å². The van der Waals surface area contributed by atoms with Crippen LogP contribution in [0.5, 0.6) is 5.75 Å². The van der Waals surface area contributed by atoms with E-state index in [-0.39, 0.29) is 11.8 Å². The SMILES string of the molecule is CC(Oc1ccc(Br)cc1)C(=O)N1CCN(C(=O)c2ccco2)CC1. The maximum atomic E-state index is 12.5. The summed E-state index contributed by atoms with van der Waals surface area (Å²) in [5.41, 5.74) is 0. The Morgan fingerprint density at radius 3 is 2.32 bits per heavy atom. The molecule has 1 aliphatic rings. The molecule has 1 fully saturated rings. The molecule has 2 heterocycles. The van der Waals surface area contributed by atoms with Gasteiger partial charge in [0.1, 0.15) is 5.75 Å². The highest BCUT2D eigenvalue weighted by molar-refractivity contribution is 9.10. The van der Waals surface area contributed by atoms with E-state index in [0.29, 0.717) is 37.7 Å². The van der Waals surface area contributed by atoms with Crippen LogP contribution in [0.4, 0.5) is 0 Å². The molecule has 0 spiro atoms. The molecule has 0 N–H and O–H groups in total. The molecule has 1 saturated heterocycles. The van der Waals surface area contributed by atoms with Gasteiger partial charge in [0.05, 0.1) is 6.26 Å². The number of rotatable bonds is 4. The number of hydrogen-bond donors (Lipinski definition) is 0. The first-order valence-corrected chi connectivity index (χ1v) is 8.87. The van der Waals surface area contributed by atoms with Crippen molar-refractivity contribution in [3.05, 3.63) is 52.9 Å². The van der Waals surface area contributed by atoms with Crippen LogP contribution in [0.1, 0.15) is 17.5 Å². The van der Waals surface area contributed by atoms with Crippen LogP contribution in [0.3, 0.4) is 0 Å². The summed E-state index contributed by atoms with van der Waals surface area (Å²) >= 11 is 3.37. The van der Waals surface area contributed by atoms with Crippen LogP contribution in [0.15, 0.2) is 51.6 Å². The number of furan rings is 1. The van der Waals surface area contributed by atoms with Crippen LogP contribution in [-0.2, 0) is 4.79 Å². The van der Waals surface area contributed by atoms with E-state index < -0.39 is 6.10 Å². The zero-order valence-electron chi connectivity index (χ0n) is 13.9. The molecule has 1 aromatic carbocycles. The van der Waals surface area contributed by atoms with E-state index in [2.05, 4.69) is 15.9 Å². The Labute approximate surface area is 154 Å². The van der Waals surface area contributed by atoms with Gasteiger partial charge in [0.15, 0.2) is 11.9 Å². The first-order chi connectivity index (χ1) is 12.0. The fourth-order valence-corrected chi connectivity index (χ4v) is 2.98. The van der Waals surface area contributed by atoms with Gasteiger partial charge in [-0.1, -0.05) is 15.9 Å². The molecule has 6 nitrogen and oxygen atoms in total. The molecule has 3 rings (SSSR count). The van der Waals surface area contributed by atoms with Gasteiger partial charge in [-0.15, -0.1) is 0 Å². The van der Waals surface area contributed by atoms with E-state index in [1.54, 1.807) is 28.9 Å². The van der Waals surface area contributed by atoms with Crippen molar-refractivity contribution in [2.75, 3.05) is 26.2 Å². The van der Waals surface area contributed by atoms with E-state index in [0.717, 1.165) is 4.47 Å². The Morgan fingerprint density at radius 2 is 1.72 bits per heavy atom. The molecule has 0 saturated carbocycles. The molecule has 25 heavy (non-hydrogen) atoms. The van der Waals surface area contributed by atoms with Crippen LogP contribution in [0.2, 0.25) is 0 Å². The lowest BCUT2D eigenvalue weighted by Gasteiger charge is -2.35. The average Bonchev–Trinajstić information content (AvgIpc) is 3.17. The summed E-state index contributed by atoms with van der Waals surface area (Å²) in [5, 5.41) is 0. The third kappa shape index (κ3) is 4.22. The Bertz CT molecular complexity index is 722. The summed E-state index contributed by atoms with van der Waals surface area (Å²) < 4.78 is 11.8. The first-order valence-electron chi connectivity index (χ1n) is 8.08. The minimum Gasteiger partial charge on any atom is -0.481 e. The summed E-state index contributed by atoms with van der Waals surface area (Å²) in [7, 11) is 0. The predicted molar refractivity (Wildman–Crippen MR) is 95.4 cm³/mol. The normalized spacial score (nSPS) is 15.8. The van der Waals surface area contributed by atoms with E-state index in [9.17, 15) is 9.59 Å². The minimum atomic E-state index is -0.575. The number of amides is 2. The zero-order chi connectivity index (χ0) is 17.8. The van der Waals surface area contributed by atoms with Gasteiger partial charge in [-0.2, -0.15) is 0 Å². The second kappa shape index (κ2) is 7.74. The van der Waals surface area contributed by atoms with E-state index in [1.807, 2.05) is 24.3 Å². The lowest BCUT2D eigenvalue weighted by atomic mass is 10.2. The number of nitrogens with zero attached hydrogens (tertiary/aromatic N) is 2. The quantitative estimate of drug-likeness (QED) is 0.782. The van der Waals surface area contributed by atoms with Crippen LogP contribution in [0, 0.1) is 0 Å². The minimum absolute atomic E-state index is 0.0759. The van der Waals surface area contributed by atoms with Gasteiger partial charge in [0, 0.05) is 30.7 Å². The Balaban J connectivity index is 1.52. The predicted octanol–water partition coefficient (Wildman–Crippen LogP) is 2.79. The second-order valence-corrected chi connectivity index (χ2v) is 6.72. The fourth-order valence-electron chi connectivity index (χ4n) is 2.71. The third-order valence-electron chi connectivity index (χ3n) is 4.08. The van der Waals surface area contributed by atoms with Crippen LogP contribution in [-0.4, -0.2) is 53.9 Å². The molecule has 132 valence electrons. The number of carbonyl (C=O) groups excluding carboxylic acids is 2. The highest BCUT2D eigenvalue weighted by Gasteiger charge is 2.29. The van der Waals surface area contributed by atoms with Crippen molar-refractivity contribution in [2.45, 2.75) is 13.0 Å². The van der Waals surface area contributed by atoms with Crippen LogP contribution in [0.25, 0.3) is 0 Å². The Kier molecular flexibility index (Phi) is 5.43. The summed E-state index contributed by atoms with van der Waals surface area (Å²) in [4.78, 5) is 28.2. The molecule has 1 atom stereocenters. The van der Waals surface area contributed by atoms with Crippen molar-refractivity contribution in [2.24, 2.45) is 0 Å². The number of piperazine rings is 1. The Hall–Kier alpha value is -2.28. The van der Waals surface area contributed by atoms with Crippen molar-refractivity contribution >= 4 is 27.7 Å². The van der Waals surface area contributed by atoms with E-state index >= 15 is 0 Å². The zero-order valence-corrected chi connectivity index (χ0v) is 15.4. The smallest absolute Gasteiger partial charge is 0.289 e. The van der Waals surface area contributed by atoms with Crippen molar-refractivity contribution < 1.29 is 18.7 Å². The molecule has 1 aliphatic heterocycles. The number of carbonyl (C=O) groups is 2. The third-order valence-corrected chi connectivity index (χ3v) is 4.61. The van der Waals surface area contributed by atoms with Gasteiger partial charge in [0.2, 0.25) is 0 Å². The number of halogens is 1. The summed E-state index contributed by atoms with van der Waals surface area (Å²) in [6.45, 7) is 3.68. The first kappa shape index (κ1) is 17.5. The Morgan fingerprint density at radius 1 is 1.08 bits per heavy atom. The molecular formula is C18H19BrN2O4. The molecule has 0 aliphatic carbocycles.